The third-order valence-electron chi connectivity index (χ3n) is 2.77. The maximum Gasteiger partial charge on any atom is 0.106 e. The predicted octanol–water partition coefficient (Wildman–Crippen LogP) is 0.740. The molecule has 2 N–H and O–H groups in total. The van der Waals surface area contributed by atoms with Crippen LogP contribution in [-0.4, -0.2) is 19.3 Å². The summed E-state index contributed by atoms with van der Waals surface area (Å²) in [6.45, 7) is 5.27. The van der Waals surface area contributed by atoms with Gasteiger partial charge in [-0.2, -0.15) is 5.10 Å². The van der Waals surface area contributed by atoms with E-state index < -0.39 is 0 Å². The van der Waals surface area contributed by atoms with Gasteiger partial charge in [0.25, 0.3) is 0 Å². The van der Waals surface area contributed by atoms with E-state index in [-0.39, 0.29) is 0 Å². The van der Waals surface area contributed by atoms with Gasteiger partial charge in [0.1, 0.15) is 5.82 Å². The summed E-state index contributed by atoms with van der Waals surface area (Å²) in [6.07, 6.45) is 1.83. The molecule has 2 aromatic rings. The van der Waals surface area contributed by atoms with E-state index in [1.807, 2.05) is 31.8 Å². The van der Waals surface area contributed by atoms with Crippen molar-refractivity contribution >= 4 is 0 Å². The molecule has 0 amide bonds. The second-order valence-corrected chi connectivity index (χ2v) is 3.99. The minimum Gasteiger partial charge on any atom is -0.325 e. The number of aryl methyl sites for hydroxylation is 3. The van der Waals surface area contributed by atoms with Crippen molar-refractivity contribution in [2.75, 3.05) is 0 Å². The van der Waals surface area contributed by atoms with Crippen molar-refractivity contribution in [1.82, 2.24) is 19.3 Å². The SMILES string of the molecule is Cc1cc(Cn2c(CN)cnc2C)n(C)n1. The quantitative estimate of drug-likeness (QED) is 0.828. The highest BCUT2D eigenvalue weighted by Crippen LogP contribution is 2.10. The molecule has 2 rings (SSSR count). The van der Waals surface area contributed by atoms with E-state index in [9.17, 15) is 0 Å². The zero-order valence-electron chi connectivity index (χ0n) is 9.94. The van der Waals surface area contributed by atoms with Gasteiger partial charge in [0.2, 0.25) is 0 Å². The molecular weight excluding hydrogens is 202 g/mol. The lowest BCUT2D eigenvalue weighted by atomic mass is 10.3. The number of nitrogens with zero attached hydrogens (tertiary/aromatic N) is 4. The number of rotatable bonds is 3. The van der Waals surface area contributed by atoms with E-state index in [4.69, 9.17) is 5.73 Å². The Morgan fingerprint density at radius 3 is 2.62 bits per heavy atom. The third kappa shape index (κ3) is 1.86. The average molecular weight is 219 g/mol. The smallest absolute Gasteiger partial charge is 0.106 e. The number of imidazole rings is 1. The molecular formula is C11H17N5. The molecule has 0 aliphatic rings. The van der Waals surface area contributed by atoms with Gasteiger partial charge >= 0.3 is 0 Å². The van der Waals surface area contributed by atoms with E-state index in [2.05, 4.69) is 20.7 Å². The van der Waals surface area contributed by atoms with Crippen molar-refractivity contribution in [3.63, 3.8) is 0 Å². The van der Waals surface area contributed by atoms with E-state index in [0.717, 1.165) is 29.5 Å². The van der Waals surface area contributed by atoms with Crippen molar-refractivity contribution in [1.29, 1.82) is 0 Å². The van der Waals surface area contributed by atoms with Gasteiger partial charge < -0.3 is 10.3 Å². The third-order valence-corrected chi connectivity index (χ3v) is 2.77. The van der Waals surface area contributed by atoms with Crippen LogP contribution in [0.15, 0.2) is 12.3 Å². The van der Waals surface area contributed by atoms with Gasteiger partial charge in [0.05, 0.1) is 23.6 Å². The van der Waals surface area contributed by atoms with Gasteiger partial charge in [0, 0.05) is 19.8 Å². The maximum atomic E-state index is 5.68. The van der Waals surface area contributed by atoms with Crippen molar-refractivity contribution in [2.45, 2.75) is 26.9 Å². The highest BCUT2D eigenvalue weighted by atomic mass is 15.3. The minimum absolute atomic E-state index is 0.512. The van der Waals surface area contributed by atoms with E-state index in [0.29, 0.717) is 6.54 Å². The van der Waals surface area contributed by atoms with Gasteiger partial charge in [-0.15, -0.1) is 0 Å². The Bertz CT molecular complexity index is 494. The zero-order chi connectivity index (χ0) is 11.7. The Morgan fingerprint density at radius 2 is 2.06 bits per heavy atom. The summed E-state index contributed by atoms with van der Waals surface area (Å²) in [5, 5.41) is 4.33. The van der Waals surface area contributed by atoms with Crippen LogP contribution >= 0.6 is 0 Å². The van der Waals surface area contributed by atoms with Crippen LogP contribution in [0.1, 0.15) is 22.9 Å². The van der Waals surface area contributed by atoms with E-state index in [1.165, 1.54) is 0 Å². The fraction of sp³-hybridized carbons (Fsp3) is 0.455. The predicted molar refractivity (Wildman–Crippen MR) is 61.9 cm³/mol. The van der Waals surface area contributed by atoms with Crippen LogP contribution in [0.4, 0.5) is 0 Å². The van der Waals surface area contributed by atoms with Crippen LogP contribution in [0.3, 0.4) is 0 Å². The molecule has 86 valence electrons. The molecule has 0 atom stereocenters. The molecule has 0 radical (unpaired) electrons. The Kier molecular flexibility index (Phi) is 2.78. The van der Waals surface area contributed by atoms with Gasteiger partial charge in [-0.3, -0.25) is 4.68 Å². The minimum atomic E-state index is 0.512. The molecule has 0 spiro atoms. The highest BCUT2D eigenvalue weighted by molar-refractivity contribution is 5.13. The van der Waals surface area contributed by atoms with Crippen LogP contribution in [0.25, 0.3) is 0 Å². The zero-order valence-corrected chi connectivity index (χ0v) is 9.94. The van der Waals surface area contributed by atoms with Crippen molar-refractivity contribution in [3.8, 4) is 0 Å². The monoisotopic (exact) mass is 219 g/mol. The summed E-state index contributed by atoms with van der Waals surface area (Å²) in [4.78, 5) is 4.27. The van der Waals surface area contributed by atoms with Gasteiger partial charge in [-0.05, 0) is 19.9 Å². The number of hydrogen-bond acceptors (Lipinski definition) is 3. The topological polar surface area (TPSA) is 61.7 Å². The lowest BCUT2D eigenvalue weighted by Crippen LogP contribution is -2.12. The lowest BCUT2D eigenvalue weighted by Gasteiger charge is -2.09. The second kappa shape index (κ2) is 4.09. The molecule has 5 nitrogen and oxygen atoms in total. The molecule has 16 heavy (non-hydrogen) atoms. The van der Waals surface area contributed by atoms with Crippen molar-refractivity contribution in [3.05, 3.63) is 35.2 Å². The Morgan fingerprint density at radius 1 is 1.31 bits per heavy atom. The Balaban J connectivity index is 2.33. The van der Waals surface area contributed by atoms with Crippen molar-refractivity contribution < 1.29 is 0 Å². The Hall–Kier alpha value is -1.62. The summed E-state index contributed by atoms with van der Waals surface area (Å²) < 4.78 is 4.02. The first-order valence-electron chi connectivity index (χ1n) is 5.32. The van der Waals surface area contributed by atoms with Crippen LogP contribution < -0.4 is 5.73 Å². The van der Waals surface area contributed by atoms with Crippen LogP contribution in [-0.2, 0) is 20.1 Å². The second-order valence-electron chi connectivity index (χ2n) is 3.99. The molecule has 0 aliphatic carbocycles. The van der Waals surface area contributed by atoms with E-state index in [1.54, 1.807) is 0 Å². The molecule has 0 aliphatic heterocycles. The van der Waals surface area contributed by atoms with Crippen molar-refractivity contribution in [2.24, 2.45) is 12.8 Å². The molecule has 2 aromatic heterocycles. The molecule has 5 heteroatoms. The number of nitrogens with two attached hydrogens (primary N) is 1. The summed E-state index contributed by atoms with van der Waals surface area (Å²) in [7, 11) is 1.96. The summed E-state index contributed by atoms with van der Waals surface area (Å²) in [5.41, 5.74) is 8.92. The molecule has 0 unspecified atom stereocenters. The first-order valence-corrected chi connectivity index (χ1v) is 5.32. The van der Waals surface area contributed by atoms with Crippen LogP contribution in [0.5, 0.6) is 0 Å². The first kappa shape index (κ1) is 10.9. The van der Waals surface area contributed by atoms with Crippen LogP contribution in [0.2, 0.25) is 0 Å². The largest absolute Gasteiger partial charge is 0.325 e. The summed E-state index contributed by atoms with van der Waals surface area (Å²) >= 11 is 0. The summed E-state index contributed by atoms with van der Waals surface area (Å²) in [6, 6.07) is 2.08. The Labute approximate surface area is 94.9 Å². The first-order chi connectivity index (χ1) is 7.61. The standard InChI is InChI=1S/C11H17N5/c1-8-4-10(15(3)14-8)7-16-9(2)13-6-11(16)5-12/h4,6H,5,7,12H2,1-3H3. The number of aromatic nitrogens is 4. The van der Waals surface area contributed by atoms with E-state index >= 15 is 0 Å². The average Bonchev–Trinajstić information content (AvgIpc) is 2.73. The molecule has 0 saturated carbocycles. The van der Waals surface area contributed by atoms with Crippen LogP contribution in [0, 0.1) is 13.8 Å². The fourth-order valence-electron chi connectivity index (χ4n) is 1.87. The highest BCUT2D eigenvalue weighted by Gasteiger charge is 2.08. The molecule has 0 aromatic carbocycles. The normalized spacial score (nSPS) is 11.0. The van der Waals surface area contributed by atoms with Gasteiger partial charge in [-0.1, -0.05) is 0 Å². The lowest BCUT2D eigenvalue weighted by molar-refractivity contribution is 0.636. The molecule has 0 bridgehead atoms. The number of hydrogen-bond donors (Lipinski definition) is 1. The maximum absolute atomic E-state index is 5.68. The summed E-state index contributed by atoms with van der Waals surface area (Å²) in [5.74, 6) is 0.985. The molecule has 2 heterocycles. The molecule has 0 saturated heterocycles. The van der Waals surface area contributed by atoms with Gasteiger partial charge in [0.15, 0.2) is 0 Å². The van der Waals surface area contributed by atoms with Gasteiger partial charge in [-0.25, -0.2) is 4.98 Å². The fourth-order valence-corrected chi connectivity index (χ4v) is 1.87. The molecule has 0 fully saturated rings.